The number of nitrogens with one attached hydrogen (secondary N) is 1. The Labute approximate surface area is 217 Å². The first-order valence-corrected chi connectivity index (χ1v) is 12.7. The van der Waals surface area contributed by atoms with Crippen LogP contribution in [0.2, 0.25) is 0 Å². The average Bonchev–Trinajstić information content (AvgIpc) is 3.21. The Morgan fingerprint density at radius 1 is 1.14 bits per heavy atom. The van der Waals surface area contributed by atoms with Crippen molar-refractivity contribution in [3.05, 3.63) is 53.3 Å². The highest BCUT2D eigenvalue weighted by Gasteiger charge is 2.29. The Bertz CT molecular complexity index is 1310. The minimum atomic E-state index is -0.326. The van der Waals surface area contributed by atoms with Crippen molar-refractivity contribution < 1.29 is 19.1 Å². The summed E-state index contributed by atoms with van der Waals surface area (Å²) in [6, 6.07) is 11.1. The highest BCUT2D eigenvalue weighted by atomic mass is 16.5. The molecule has 0 bridgehead atoms. The molecule has 3 aromatic rings. The topological polar surface area (TPSA) is 98.1 Å². The van der Waals surface area contributed by atoms with Crippen LogP contribution in [0.4, 0.5) is 0 Å². The third-order valence-electron chi connectivity index (χ3n) is 6.92. The van der Waals surface area contributed by atoms with Crippen LogP contribution in [0.15, 0.2) is 41.5 Å². The summed E-state index contributed by atoms with van der Waals surface area (Å²) in [6.07, 6.45) is 4.70. The van der Waals surface area contributed by atoms with Gasteiger partial charge in [0.1, 0.15) is 5.82 Å². The predicted molar refractivity (Wildman–Crippen MR) is 143 cm³/mol. The highest BCUT2D eigenvalue weighted by molar-refractivity contribution is 5.98. The summed E-state index contributed by atoms with van der Waals surface area (Å²) >= 11 is 0. The number of rotatable bonds is 8. The number of aromatic nitrogens is 2. The zero-order valence-electron chi connectivity index (χ0n) is 22.2. The van der Waals surface area contributed by atoms with Crippen LogP contribution in [0.3, 0.4) is 0 Å². The molecule has 1 aliphatic heterocycles. The van der Waals surface area contributed by atoms with Gasteiger partial charge in [0, 0.05) is 24.2 Å². The molecule has 2 heterocycles. The number of aryl methyl sites for hydroxylation is 2. The Balaban J connectivity index is 1.37. The summed E-state index contributed by atoms with van der Waals surface area (Å²) in [5.41, 5.74) is 5.52. The molecule has 0 spiro atoms. The Kier molecular flexibility index (Phi) is 8.11. The van der Waals surface area contributed by atoms with E-state index in [1.54, 1.807) is 37.4 Å². The number of methoxy groups -OCH3 is 1. The second-order valence-corrected chi connectivity index (χ2v) is 9.43. The molecule has 1 aliphatic rings. The number of imidazole rings is 1. The average molecular weight is 506 g/mol. The van der Waals surface area contributed by atoms with Crippen LogP contribution in [-0.4, -0.2) is 58.3 Å². The van der Waals surface area contributed by atoms with E-state index >= 15 is 0 Å². The third kappa shape index (κ3) is 5.76. The fourth-order valence-corrected chi connectivity index (χ4v) is 5.03. The number of likely N-dealkylation sites (tertiary alicyclic amines) is 1. The van der Waals surface area contributed by atoms with Crippen LogP contribution in [0, 0.1) is 6.92 Å². The minimum Gasteiger partial charge on any atom is -0.493 e. The molecule has 37 heavy (non-hydrogen) atoms. The lowest BCUT2D eigenvalue weighted by Gasteiger charge is -2.39. The highest BCUT2D eigenvalue weighted by Crippen LogP contribution is 2.28. The maximum Gasteiger partial charge on any atom is 0.271 e. The summed E-state index contributed by atoms with van der Waals surface area (Å²) in [5, 5.41) is 4.09. The van der Waals surface area contributed by atoms with Crippen LogP contribution >= 0.6 is 0 Å². The lowest BCUT2D eigenvalue weighted by molar-refractivity contribution is -0.139. The molecule has 0 saturated carbocycles. The predicted octanol–water partition coefficient (Wildman–Crippen LogP) is 4.31. The second kappa shape index (κ2) is 11.5. The Morgan fingerprint density at radius 3 is 2.59 bits per heavy atom. The van der Waals surface area contributed by atoms with Crippen LogP contribution in [0.25, 0.3) is 11.0 Å². The number of carbonyl (C=O) groups is 2. The van der Waals surface area contributed by atoms with E-state index in [1.165, 1.54) is 6.21 Å². The van der Waals surface area contributed by atoms with Gasteiger partial charge in [0.2, 0.25) is 0 Å². The zero-order chi connectivity index (χ0) is 26.5. The number of benzene rings is 2. The van der Waals surface area contributed by atoms with E-state index in [0.29, 0.717) is 22.6 Å². The fourth-order valence-electron chi connectivity index (χ4n) is 5.03. The van der Waals surface area contributed by atoms with Gasteiger partial charge in [-0.15, -0.1) is 0 Å². The van der Waals surface area contributed by atoms with Crippen LogP contribution < -0.4 is 14.9 Å². The molecule has 2 aromatic carbocycles. The van der Waals surface area contributed by atoms with E-state index in [9.17, 15) is 9.59 Å². The van der Waals surface area contributed by atoms with Crippen LogP contribution in [0.5, 0.6) is 11.5 Å². The first kappa shape index (κ1) is 26.2. The molecule has 0 radical (unpaired) electrons. The van der Waals surface area contributed by atoms with Gasteiger partial charge in [0.15, 0.2) is 18.1 Å². The molecule has 1 aromatic heterocycles. The standard InChI is InChI=1S/C28H35N5O4/c1-6-32-20(4)30-23-15-22(11-12-24(23)32)28(35)31-29-16-21-10-13-25(26(14-21)36-5)37-17-27(34)33-18(2)8-7-9-19(33)3/h10-16,18-19H,6-9,17H2,1-5H3,(H,31,35)/b29-16-/t18-,19+. The maximum absolute atomic E-state index is 12.8. The van der Waals surface area contributed by atoms with Gasteiger partial charge in [-0.1, -0.05) is 0 Å². The largest absolute Gasteiger partial charge is 0.493 e. The van der Waals surface area contributed by atoms with Crippen molar-refractivity contribution >= 4 is 29.1 Å². The normalized spacial score (nSPS) is 17.8. The van der Waals surface area contributed by atoms with Gasteiger partial charge >= 0.3 is 0 Å². The first-order chi connectivity index (χ1) is 17.8. The van der Waals surface area contributed by atoms with Crippen molar-refractivity contribution in [3.63, 3.8) is 0 Å². The molecular weight excluding hydrogens is 470 g/mol. The van der Waals surface area contributed by atoms with Gasteiger partial charge in [-0.3, -0.25) is 9.59 Å². The molecular formula is C28H35N5O4. The summed E-state index contributed by atoms with van der Waals surface area (Å²) in [6.45, 7) is 8.95. The van der Waals surface area contributed by atoms with Gasteiger partial charge in [-0.2, -0.15) is 5.10 Å². The molecule has 2 atom stereocenters. The SMILES string of the molecule is CCn1c(C)nc2cc(C(=O)N/N=C\c3ccc(OCC(=O)N4[C@H](C)CCC[C@@H]4C)c(OC)c3)ccc21. The van der Waals surface area contributed by atoms with E-state index in [1.807, 2.05) is 17.9 Å². The van der Waals surface area contributed by atoms with Gasteiger partial charge in [0.25, 0.3) is 11.8 Å². The van der Waals surface area contributed by atoms with Gasteiger partial charge in [-0.05, 0) is 88.9 Å². The maximum atomic E-state index is 12.8. The van der Waals surface area contributed by atoms with E-state index in [2.05, 4.69) is 40.8 Å². The molecule has 1 N–H and O–H groups in total. The zero-order valence-corrected chi connectivity index (χ0v) is 22.2. The number of amides is 2. The fraction of sp³-hybridized carbons (Fsp3) is 0.429. The van der Waals surface area contributed by atoms with E-state index in [-0.39, 0.29) is 30.5 Å². The monoisotopic (exact) mass is 505 g/mol. The van der Waals surface area contributed by atoms with Crippen molar-refractivity contribution in [3.8, 4) is 11.5 Å². The lowest BCUT2D eigenvalue weighted by atomic mass is 9.97. The number of nitrogens with zero attached hydrogens (tertiary/aromatic N) is 4. The van der Waals surface area contributed by atoms with Crippen molar-refractivity contribution in [2.24, 2.45) is 5.10 Å². The van der Waals surface area contributed by atoms with Crippen molar-refractivity contribution in [1.29, 1.82) is 0 Å². The number of fused-ring (bicyclic) bond motifs is 1. The number of hydrogen-bond donors (Lipinski definition) is 1. The molecule has 2 amide bonds. The molecule has 196 valence electrons. The quantitative estimate of drug-likeness (QED) is 0.364. The minimum absolute atomic E-state index is 0.0232. The number of piperidine rings is 1. The number of hydrogen-bond acceptors (Lipinski definition) is 6. The molecule has 1 fully saturated rings. The van der Waals surface area contributed by atoms with E-state index in [0.717, 1.165) is 42.7 Å². The van der Waals surface area contributed by atoms with E-state index < -0.39 is 0 Å². The molecule has 9 heteroatoms. The van der Waals surface area contributed by atoms with Gasteiger partial charge in [0.05, 0.1) is 24.4 Å². The molecule has 4 rings (SSSR count). The Hall–Kier alpha value is -3.88. The van der Waals surface area contributed by atoms with Gasteiger partial charge in [-0.25, -0.2) is 10.4 Å². The number of ether oxygens (including phenoxy) is 2. The van der Waals surface area contributed by atoms with Crippen molar-refractivity contribution in [2.45, 2.75) is 65.6 Å². The third-order valence-corrected chi connectivity index (χ3v) is 6.92. The summed E-state index contributed by atoms with van der Waals surface area (Å²) < 4.78 is 13.4. The van der Waals surface area contributed by atoms with Crippen LogP contribution in [0.1, 0.15) is 61.8 Å². The smallest absolute Gasteiger partial charge is 0.271 e. The second-order valence-electron chi connectivity index (χ2n) is 9.43. The number of carbonyl (C=O) groups excluding carboxylic acids is 2. The summed E-state index contributed by atoms with van der Waals surface area (Å²) in [7, 11) is 1.54. The lowest BCUT2D eigenvalue weighted by Crippen LogP contribution is -2.49. The molecule has 0 unspecified atom stereocenters. The number of hydrazone groups is 1. The van der Waals surface area contributed by atoms with Crippen molar-refractivity contribution in [1.82, 2.24) is 19.9 Å². The van der Waals surface area contributed by atoms with Crippen LogP contribution in [-0.2, 0) is 11.3 Å². The first-order valence-electron chi connectivity index (χ1n) is 12.7. The van der Waals surface area contributed by atoms with Crippen molar-refractivity contribution in [2.75, 3.05) is 13.7 Å². The van der Waals surface area contributed by atoms with Gasteiger partial charge < -0.3 is 18.9 Å². The molecule has 1 saturated heterocycles. The summed E-state index contributed by atoms with van der Waals surface area (Å²) in [4.78, 5) is 31.8. The molecule has 0 aliphatic carbocycles. The molecule has 9 nitrogen and oxygen atoms in total. The van der Waals surface area contributed by atoms with E-state index in [4.69, 9.17) is 9.47 Å². The Morgan fingerprint density at radius 2 is 1.89 bits per heavy atom. The summed E-state index contributed by atoms with van der Waals surface area (Å²) in [5.74, 6) is 1.52.